The van der Waals surface area contributed by atoms with Crippen LogP contribution in [0.4, 0.5) is 5.69 Å². The number of methoxy groups -OCH3 is 1. The predicted molar refractivity (Wildman–Crippen MR) is 68.7 cm³/mol. The summed E-state index contributed by atoms with van der Waals surface area (Å²) in [6, 6.07) is 5.01. The van der Waals surface area contributed by atoms with Crippen molar-refractivity contribution in [3.05, 3.63) is 23.8 Å². The Labute approximate surface area is 106 Å². The minimum atomic E-state index is -0.140. The highest BCUT2D eigenvalue weighted by atomic mass is 16.5. The summed E-state index contributed by atoms with van der Waals surface area (Å²) in [6.45, 7) is 2.14. The molecule has 18 heavy (non-hydrogen) atoms. The van der Waals surface area contributed by atoms with Gasteiger partial charge in [-0.25, -0.2) is 0 Å². The number of carbonyl (C=O) groups excluding carboxylic acids is 1. The molecule has 1 atom stereocenters. The van der Waals surface area contributed by atoms with Crippen LogP contribution in [-0.2, 0) is 4.74 Å². The van der Waals surface area contributed by atoms with Crippen molar-refractivity contribution in [1.82, 2.24) is 5.32 Å². The molecule has 2 rings (SSSR count). The molecule has 0 aromatic heterocycles. The van der Waals surface area contributed by atoms with Crippen molar-refractivity contribution < 1.29 is 14.3 Å². The monoisotopic (exact) mass is 250 g/mol. The Bertz CT molecular complexity index is 428. The first-order valence-corrected chi connectivity index (χ1v) is 6.00. The molecule has 1 aliphatic heterocycles. The third kappa shape index (κ3) is 2.92. The van der Waals surface area contributed by atoms with Gasteiger partial charge in [0.25, 0.3) is 5.91 Å². The van der Waals surface area contributed by atoms with Crippen molar-refractivity contribution in [2.45, 2.75) is 6.42 Å². The largest absolute Gasteiger partial charge is 0.496 e. The minimum Gasteiger partial charge on any atom is -0.496 e. The minimum absolute atomic E-state index is 0.140. The Morgan fingerprint density at radius 2 is 2.44 bits per heavy atom. The van der Waals surface area contributed by atoms with E-state index in [1.165, 1.54) is 7.11 Å². The first-order valence-electron chi connectivity index (χ1n) is 6.00. The van der Waals surface area contributed by atoms with Crippen LogP contribution in [-0.4, -0.2) is 32.8 Å². The molecular weight excluding hydrogens is 232 g/mol. The van der Waals surface area contributed by atoms with Crippen molar-refractivity contribution in [2.75, 3.05) is 32.6 Å². The summed E-state index contributed by atoms with van der Waals surface area (Å²) in [5.74, 6) is 0.766. The zero-order valence-electron chi connectivity index (χ0n) is 10.4. The Kier molecular flexibility index (Phi) is 4.04. The summed E-state index contributed by atoms with van der Waals surface area (Å²) < 4.78 is 10.4. The first kappa shape index (κ1) is 12.7. The van der Waals surface area contributed by atoms with E-state index in [4.69, 9.17) is 15.2 Å². The van der Waals surface area contributed by atoms with Crippen molar-refractivity contribution in [1.29, 1.82) is 0 Å². The standard InChI is InChI=1S/C13H18N2O3/c1-17-12-6-10(14)2-3-11(12)13(16)15-7-9-4-5-18-8-9/h2-3,6,9H,4-5,7-8,14H2,1H3,(H,15,16). The van der Waals surface area contributed by atoms with Gasteiger partial charge in [-0.15, -0.1) is 0 Å². The van der Waals surface area contributed by atoms with Gasteiger partial charge in [0.05, 0.1) is 19.3 Å². The van der Waals surface area contributed by atoms with Gasteiger partial charge in [-0.1, -0.05) is 0 Å². The van der Waals surface area contributed by atoms with Gasteiger partial charge in [0, 0.05) is 30.8 Å². The zero-order chi connectivity index (χ0) is 13.0. The number of ether oxygens (including phenoxy) is 2. The van der Waals surface area contributed by atoms with Crippen molar-refractivity contribution in [3.63, 3.8) is 0 Å². The third-order valence-electron chi connectivity index (χ3n) is 3.05. The van der Waals surface area contributed by atoms with Crippen LogP contribution in [0.5, 0.6) is 5.75 Å². The molecular formula is C13H18N2O3. The molecule has 1 heterocycles. The van der Waals surface area contributed by atoms with Crippen LogP contribution in [0, 0.1) is 5.92 Å². The molecule has 0 saturated carbocycles. The van der Waals surface area contributed by atoms with Gasteiger partial charge < -0.3 is 20.5 Å². The maximum atomic E-state index is 12.0. The highest BCUT2D eigenvalue weighted by Crippen LogP contribution is 2.21. The van der Waals surface area contributed by atoms with E-state index < -0.39 is 0 Å². The molecule has 0 spiro atoms. The van der Waals surface area contributed by atoms with Crippen LogP contribution >= 0.6 is 0 Å². The molecule has 0 bridgehead atoms. The van der Waals surface area contributed by atoms with Gasteiger partial charge in [-0.3, -0.25) is 4.79 Å². The van der Waals surface area contributed by atoms with E-state index >= 15 is 0 Å². The Balaban J connectivity index is 1.99. The Morgan fingerprint density at radius 1 is 1.61 bits per heavy atom. The average Bonchev–Trinajstić information content (AvgIpc) is 2.88. The van der Waals surface area contributed by atoms with Crippen LogP contribution in [0.2, 0.25) is 0 Å². The second-order valence-electron chi connectivity index (χ2n) is 4.40. The fourth-order valence-electron chi connectivity index (χ4n) is 1.97. The number of carbonyl (C=O) groups is 1. The molecule has 5 nitrogen and oxygen atoms in total. The molecule has 98 valence electrons. The lowest BCUT2D eigenvalue weighted by atomic mass is 10.1. The van der Waals surface area contributed by atoms with E-state index in [-0.39, 0.29) is 5.91 Å². The molecule has 5 heteroatoms. The first-order chi connectivity index (χ1) is 8.70. The van der Waals surface area contributed by atoms with E-state index in [1.54, 1.807) is 18.2 Å². The van der Waals surface area contributed by atoms with Crippen LogP contribution in [0.3, 0.4) is 0 Å². The summed E-state index contributed by atoms with van der Waals surface area (Å²) in [6.07, 6.45) is 0.999. The Morgan fingerprint density at radius 3 is 3.11 bits per heavy atom. The highest BCUT2D eigenvalue weighted by Gasteiger charge is 2.18. The number of amides is 1. The second-order valence-corrected chi connectivity index (χ2v) is 4.40. The number of anilines is 1. The number of rotatable bonds is 4. The molecule has 1 aromatic rings. The molecule has 0 radical (unpaired) electrons. The van der Waals surface area contributed by atoms with Gasteiger partial charge >= 0.3 is 0 Å². The number of nitrogen functional groups attached to an aromatic ring is 1. The lowest BCUT2D eigenvalue weighted by Gasteiger charge is -2.12. The highest BCUT2D eigenvalue weighted by molar-refractivity contribution is 5.97. The summed E-state index contributed by atoms with van der Waals surface area (Å²) in [4.78, 5) is 12.0. The van der Waals surface area contributed by atoms with Gasteiger partial charge in [-0.2, -0.15) is 0 Å². The lowest BCUT2D eigenvalue weighted by molar-refractivity contribution is 0.0942. The molecule has 1 unspecified atom stereocenters. The molecule has 1 saturated heterocycles. The van der Waals surface area contributed by atoms with Crippen molar-refractivity contribution in [3.8, 4) is 5.75 Å². The fraction of sp³-hybridized carbons (Fsp3) is 0.462. The molecule has 1 amide bonds. The number of nitrogens with two attached hydrogens (primary N) is 1. The van der Waals surface area contributed by atoms with Gasteiger partial charge in [0.1, 0.15) is 5.75 Å². The zero-order valence-corrected chi connectivity index (χ0v) is 10.4. The smallest absolute Gasteiger partial charge is 0.255 e. The van der Waals surface area contributed by atoms with Crippen LogP contribution in [0.15, 0.2) is 18.2 Å². The maximum absolute atomic E-state index is 12.0. The SMILES string of the molecule is COc1cc(N)ccc1C(=O)NCC1CCOC1. The third-order valence-corrected chi connectivity index (χ3v) is 3.05. The van der Waals surface area contributed by atoms with Crippen LogP contribution in [0.1, 0.15) is 16.8 Å². The summed E-state index contributed by atoms with van der Waals surface area (Å²) >= 11 is 0. The van der Waals surface area contributed by atoms with E-state index in [0.29, 0.717) is 29.5 Å². The normalized spacial score (nSPS) is 18.6. The topological polar surface area (TPSA) is 73.6 Å². The summed E-state index contributed by atoms with van der Waals surface area (Å²) in [5.41, 5.74) is 6.73. The molecule has 0 aliphatic carbocycles. The van der Waals surface area contributed by atoms with Gasteiger partial charge in [0.2, 0.25) is 0 Å². The molecule has 1 aromatic carbocycles. The van der Waals surface area contributed by atoms with Gasteiger partial charge in [0.15, 0.2) is 0 Å². The Hall–Kier alpha value is -1.75. The van der Waals surface area contributed by atoms with Crippen LogP contribution < -0.4 is 15.8 Å². The predicted octanol–water partition coefficient (Wildman–Crippen LogP) is 1.04. The van der Waals surface area contributed by atoms with Crippen molar-refractivity contribution in [2.24, 2.45) is 5.92 Å². The van der Waals surface area contributed by atoms with Crippen molar-refractivity contribution >= 4 is 11.6 Å². The van der Waals surface area contributed by atoms with E-state index in [9.17, 15) is 4.79 Å². The van der Waals surface area contributed by atoms with E-state index in [0.717, 1.165) is 19.6 Å². The maximum Gasteiger partial charge on any atom is 0.255 e. The lowest BCUT2D eigenvalue weighted by Crippen LogP contribution is -2.29. The molecule has 3 N–H and O–H groups in total. The summed E-state index contributed by atoms with van der Waals surface area (Å²) in [5, 5.41) is 2.90. The quantitative estimate of drug-likeness (QED) is 0.783. The second kappa shape index (κ2) is 5.73. The van der Waals surface area contributed by atoms with E-state index in [2.05, 4.69) is 5.32 Å². The number of nitrogens with one attached hydrogen (secondary N) is 1. The number of hydrogen-bond donors (Lipinski definition) is 2. The van der Waals surface area contributed by atoms with E-state index in [1.807, 2.05) is 0 Å². The van der Waals surface area contributed by atoms with Crippen LogP contribution in [0.25, 0.3) is 0 Å². The average molecular weight is 250 g/mol. The summed E-state index contributed by atoms with van der Waals surface area (Å²) in [7, 11) is 1.52. The fourth-order valence-corrected chi connectivity index (χ4v) is 1.97. The van der Waals surface area contributed by atoms with Gasteiger partial charge in [-0.05, 0) is 18.6 Å². The number of benzene rings is 1. The molecule has 1 aliphatic rings. The number of hydrogen-bond acceptors (Lipinski definition) is 4. The molecule has 1 fully saturated rings.